The second-order valence-corrected chi connectivity index (χ2v) is 5.00. The molecule has 0 heterocycles. The summed E-state index contributed by atoms with van der Waals surface area (Å²) in [6.45, 7) is 1.68. The van der Waals surface area contributed by atoms with E-state index in [1.54, 1.807) is 6.92 Å². The minimum absolute atomic E-state index is 0.111. The highest BCUT2D eigenvalue weighted by Crippen LogP contribution is 2.58. The summed E-state index contributed by atoms with van der Waals surface area (Å²) in [6, 6.07) is 0. The van der Waals surface area contributed by atoms with E-state index in [2.05, 4.69) is 0 Å². The summed E-state index contributed by atoms with van der Waals surface area (Å²) < 4.78 is 5.65. The van der Waals surface area contributed by atoms with E-state index in [4.69, 9.17) is 15.9 Å². The van der Waals surface area contributed by atoms with Gasteiger partial charge >= 0.3 is 0 Å². The Morgan fingerprint density at radius 1 is 1.50 bits per heavy atom. The van der Waals surface area contributed by atoms with Crippen molar-refractivity contribution >= 4 is 12.1 Å². The van der Waals surface area contributed by atoms with Crippen molar-refractivity contribution in [2.24, 2.45) is 11.1 Å². The molecule has 1 atom stereocenters. The molecular weight excluding hydrogens is 204 g/mol. The van der Waals surface area contributed by atoms with Crippen molar-refractivity contribution in [3.63, 3.8) is 0 Å². The van der Waals surface area contributed by atoms with Crippen molar-refractivity contribution in [2.75, 3.05) is 0 Å². The van der Waals surface area contributed by atoms with E-state index in [-0.39, 0.29) is 11.9 Å². The van der Waals surface area contributed by atoms with Crippen LogP contribution >= 0.6 is 0 Å². The van der Waals surface area contributed by atoms with Crippen LogP contribution in [0.2, 0.25) is 0 Å². The highest BCUT2D eigenvalue weighted by atomic mass is 16.5. The zero-order valence-electron chi connectivity index (χ0n) is 9.58. The minimum Gasteiger partial charge on any atom is -0.484 e. The van der Waals surface area contributed by atoms with Crippen LogP contribution in [-0.2, 0) is 9.53 Å². The normalized spacial score (nSPS) is 27.4. The van der Waals surface area contributed by atoms with Gasteiger partial charge in [-0.25, -0.2) is 0 Å². The lowest BCUT2D eigenvalue weighted by Crippen LogP contribution is -2.22. The number of amides is 1. The Morgan fingerprint density at radius 3 is 2.62 bits per heavy atom. The number of carbonyl (C=O) groups excluding carboxylic acids is 1. The summed E-state index contributed by atoms with van der Waals surface area (Å²) in [5.74, 6) is -0.407. The van der Waals surface area contributed by atoms with Gasteiger partial charge in [-0.1, -0.05) is 0 Å². The lowest BCUT2D eigenvalue weighted by molar-refractivity contribution is -0.118. The van der Waals surface area contributed by atoms with Gasteiger partial charge in [-0.15, -0.1) is 0 Å². The Labute approximate surface area is 95.4 Å². The van der Waals surface area contributed by atoms with E-state index in [0.717, 1.165) is 19.1 Å². The van der Waals surface area contributed by atoms with Gasteiger partial charge in [0.2, 0.25) is 0 Å². The van der Waals surface area contributed by atoms with E-state index in [1.807, 2.05) is 0 Å². The first-order valence-corrected chi connectivity index (χ1v) is 5.74. The van der Waals surface area contributed by atoms with Gasteiger partial charge in [0.1, 0.15) is 0 Å². The molecule has 2 rings (SSSR count). The van der Waals surface area contributed by atoms with Crippen LogP contribution in [0.3, 0.4) is 0 Å². The van der Waals surface area contributed by atoms with Crippen LogP contribution in [0.1, 0.15) is 39.0 Å². The van der Waals surface area contributed by atoms with Crippen LogP contribution in [0.25, 0.3) is 0 Å². The molecule has 88 valence electrons. The van der Waals surface area contributed by atoms with Gasteiger partial charge < -0.3 is 15.9 Å². The number of ether oxygens (including phenoxy) is 1. The number of allylic oxidation sites excluding steroid dienone is 1. The molecule has 4 heteroatoms. The zero-order valence-corrected chi connectivity index (χ0v) is 9.58. The average Bonchev–Trinajstić information content (AvgIpc) is 2.87. The van der Waals surface area contributed by atoms with Gasteiger partial charge in [-0.3, -0.25) is 4.79 Å². The first-order chi connectivity index (χ1) is 7.56. The highest BCUT2D eigenvalue weighted by Gasteiger charge is 2.49. The van der Waals surface area contributed by atoms with Gasteiger partial charge in [-0.2, -0.15) is 0 Å². The fourth-order valence-corrected chi connectivity index (χ4v) is 2.46. The number of rotatable bonds is 4. The minimum atomic E-state index is -0.572. The van der Waals surface area contributed by atoms with Crippen molar-refractivity contribution in [1.82, 2.24) is 0 Å². The van der Waals surface area contributed by atoms with E-state index >= 15 is 0 Å². The molecule has 1 unspecified atom stereocenters. The number of nitrogens with two attached hydrogens (primary N) is 1. The second-order valence-electron chi connectivity index (χ2n) is 5.00. The molecule has 2 saturated carbocycles. The van der Waals surface area contributed by atoms with Gasteiger partial charge in [0.05, 0.1) is 6.10 Å². The van der Waals surface area contributed by atoms with Crippen LogP contribution in [0.4, 0.5) is 0 Å². The summed E-state index contributed by atoms with van der Waals surface area (Å²) in [4.78, 5) is 11.2. The Bertz CT molecular complexity index is 356. The molecule has 0 radical (unpaired) electrons. The Balaban J connectivity index is 2.02. The largest absolute Gasteiger partial charge is 0.484 e. The van der Waals surface area contributed by atoms with E-state index in [9.17, 15) is 4.79 Å². The molecular formula is C12H18N2O2. The summed E-state index contributed by atoms with van der Waals surface area (Å²) >= 11 is 0. The summed E-state index contributed by atoms with van der Waals surface area (Å²) in [5, 5.41) is 7.13. The van der Waals surface area contributed by atoms with E-state index in [1.165, 1.54) is 19.3 Å². The summed E-state index contributed by atoms with van der Waals surface area (Å²) in [5.41, 5.74) is 6.27. The molecule has 0 aromatic rings. The maximum atomic E-state index is 11.2. The molecule has 0 aromatic carbocycles. The van der Waals surface area contributed by atoms with Crippen LogP contribution in [0.5, 0.6) is 0 Å². The smallest absolute Gasteiger partial charge is 0.284 e. The molecule has 0 saturated heterocycles. The highest BCUT2D eigenvalue weighted by molar-refractivity contribution is 5.96. The molecule has 2 aliphatic carbocycles. The van der Waals surface area contributed by atoms with Gasteiger partial charge in [-0.05, 0) is 44.4 Å². The van der Waals surface area contributed by atoms with Crippen molar-refractivity contribution in [2.45, 2.75) is 45.1 Å². The molecule has 3 N–H and O–H groups in total. The van der Waals surface area contributed by atoms with Gasteiger partial charge in [0.15, 0.2) is 5.76 Å². The predicted octanol–water partition coefficient (Wildman–Crippen LogP) is 1.74. The van der Waals surface area contributed by atoms with Crippen LogP contribution < -0.4 is 5.73 Å². The molecule has 1 amide bonds. The first-order valence-electron chi connectivity index (χ1n) is 5.74. The lowest BCUT2D eigenvalue weighted by Gasteiger charge is -2.15. The first kappa shape index (κ1) is 11.2. The van der Waals surface area contributed by atoms with Crippen molar-refractivity contribution in [3.05, 3.63) is 11.3 Å². The predicted molar refractivity (Wildman–Crippen MR) is 61.1 cm³/mol. The van der Waals surface area contributed by atoms with E-state index < -0.39 is 5.91 Å². The summed E-state index contributed by atoms with van der Waals surface area (Å²) in [6.07, 6.45) is 7.06. The standard InChI is InChI=1S/C12H18N2O2/c1-8(7-13)10(11(14)15)16-9-2-3-12(6-9)4-5-12/h7,9,13H,2-6H2,1H3,(H2,14,15)/b10-8+,13-7?. The van der Waals surface area contributed by atoms with Gasteiger partial charge in [0, 0.05) is 11.8 Å². The number of primary amides is 1. The molecule has 4 nitrogen and oxygen atoms in total. The average molecular weight is 222 g/mol. The third-order valence-electron chi connectivity index (χ3n) is 3.70. The quantitative estimate of drug-likeness (QED) is 0.432. The Morgan fingerprint density at radius 2 is 2.19 bits per heavy atom. The molecule has 0 aromatic heterocycles. The van der Waals surface area contributed by atoms with Gasteiger partial charge in [0.25, 0.3) is 5.91 Å². The third kappa shape index (κ3) is 2.10. The maximum Gasteiger partial charge on any atom is 0.284 e. The number of hydrogen-bond acceptors (Lipinski definition) is 3. The van der Waals surface area contributed by atoms with E-state index in [0.29, 0.717) is 11.0 Å². The van der Waals surface area contributed by atoms with Crippen LogP contribution in [-0.4, -0.2) is 18.2 Å². The van der Waals surface area contributed by atoms with Crippen LogP contribution in [0.15, 0.2) is 11.3 Å². The lowest BCUT2D eigenvalue weighted by atomic mass is 10.1. The third-order valence-corrected chi connectivity index (χ3v) is 3.70. The van der Waals surface area contributed by atoms with Crippen LogP contribution in [0, 0.1) is 10.8 Å². The Kier molecular flexibility index (Phi) is 2.74. The number of nitrogens with one attached hydrogen (secondary N) is 1. The van der Waals surface area contributed by atoms with Crippen molar-refractivity contribution in [3.8, 4) is 0 Å². The second kappa shape index (κ2) is 3.92. The monoisotopic (exact) mass is 222 g/mol. The molecule has 0 bridgehead atoms. The zero-order chi connectivity index (χ0) is 11.8. The fourth-order valence-electron chi connectivity index (χ4n) is 2.46. The SMILES string of the molecule is C/C(C=N)=C(\OC1CCC2(CC2)C1)C(N)=O. The van der Waals surface area contributed by atoms with Crippen molar-refractivity contribution < 1.29 is 9.53 Å². The molecule has 1 spiro atoms. The fraction of sp³-hybridized carbons (Fsp3) is 0.667. The van der Waals surface area contributed by atoms with Crippen molar-refractivity contribution in [1.29, 1.82) is 5.41 Å². The molecule has 2 aliphatic rings. The molecule has 0 aliphatic heterocycles. The topological polar surface area (TPSA) is 76.2 Å². The maximum absolute atomic E-state index is 11.2. The Hall–Kier alpha value is -1.32. The summed E-state index contributed by atoms with van der Waals surface area (Å²) in [7, 11) is 0. The number of carbonyl (C=O) groups is 1. The molecule has 2 fully saturated rings. The molecule has 16 heavy (non-hydrogen) atoms. The number of hydrogen-bond donors (Lipinski definition) is 2.